The van der Waals surface area contributed by atoms with Gasteiger partial charge in [-0.15, -0.1) is 11.3 Å². The first-order valence-corrected chi connectivity index (χ1v) is 9.44. The van der Waals surface area contributed by atoms with Gasteiger partial charge in [0.05, 0.1) is 12.6 Å². The van der Waals surface area contributed by atoms with Crippen molar-refractivity contribution in [2.24, 2.45) is 0 Å². The van der Waals surface area contributed by atoms with Gasteiger partial charge in [-0.1, -0.05) is 36.4 Å². The topological polar surface area (TPSA) is 33.3 Å². The molecule has 0 spiro atoms. The molecule has 0 saturated carbocycles. The van der Waals surface area contributed by atoms with Gasteiger partial charge in [0.1, 0.15) is 5.75 Å². The van der Waals surface area contributed by atoms with Crippen LogP contribution in [0, 0.1) is 0 Å². The molecule has 2 aromatic carbocycles. The quantitative estimate of drug-likeness (QED) is 0.584. The lowest BCUT2D eigenvalue weighted by Gasteiger charge is -2.20. The van der Waals surface area contributed by atoms with Crippen LogP contribution < -0.4 is 15.4 Å². The third-order valence-corrected chi connectivity index (χ3v) is 4.82. The van der Waals surface area contributed by atoms with E-state index in [1.807, 2.05) is 49.4 Å². The smallest absolute Gasteiger partial charge is 0.171 e. The predicted molar refractivity (Wildman–Crippen MR) is 110 cm³/mol. The lowest BCUT2D eigenvalue weighted by atomic mass is 10.1. The monoisotopic (exact) mass is 368 g/mol. The van der Waals surface area contributed by atoms with Gasteiger partial charge in [-0.05, 0) is 60.4 Å². The van der Waals surface area contributed by atoms with Gasteiger partial charge in [-0.3, -0.25) is 0 Å². The van der Waals surface area contributed by atoms with Crippen LogP contribution in [0.1, 0.15) is 23.4 Å². The fourth-order valence-electron chi connectivity index (χ4n) is 2.52. The number of thiocarbonyl (C=S) groups is 1. The van der Waals surface area contributed by atoms with Crippen LogP contribution in [0.25, 0.3) is 0 Å². The Bertz CT molecular complexity index is 786. The van der Waals surface area contributed by atoms with Crippen LogP contribution in [0.5, 0.6) is 5.75 Å². The maximum atomic E-state index is 5.52. The van der Waals surface area contributed by atoms with E-state index in [9.17, 15) is 0 Å². The van der Waals surface area contributed by atoms with Crippen molar-refractivity contribution >= 4 is 34.4 Å². The second-order valence-corrected chi connectivity index (χ2v) is 6.80. The zero-order valence-electron chi connectivity index (χ0n) is 13.9. The number of hydrogen-bond donors (Lipinski definition) is 2. The van der Waals surface area contributed by atoms with E-state index < -0.39 is 0 Å². The molecule has 0 bridgehead atoms. The van der Waals surface area contributed by atoms with Crippen LogP contribution >= 0.6 is 23.6 Å². The van der Waals surface area contributed by atoms with E-state index in [-0.39, 0.29) is 6.04 Å². The Morgan fingerprint density at radius 1 is 1.04 bits per heavy atom. The Morgan fingerprint density at radius 3 is 2.44 bits per heavy atom. The molecule has 0 saturated heterocycles. The molecule has 0 aliphatic carbocycles. The van der Waals surface area contributed by atoms with Crippen molar-refractivity contribution in [3.8, 4) is 5.75 Å². The molecule has 5 heteroatoms. The van der Waals surface area contributed by atoms with E-state index in [0.717, 1.165) is 11.4 Å². The number of hydrogen-bond acceptors (Lipinski definition) is 3. The minimum Gasteiger partial charge on any atom is -0.494 e. The summed E-state index contributed by atoms with van der Waals surface area (Å²) >= 11 is 7.24. The first kappa shape index (κ1) is 17.5. The van der Waals surface area contributed by atoms with E-state index in [1.54, 1.807) is 11.3 Å². The van der Waals surface area contributed by atoms with Crippen molar-refractivity contribution in [3.63, 3.8) is 0 Å². The van der Waals surface area contributed by atoms with Gasteiger partial charge in [0.25, 0.3) is 0 Å². The molecule has 2 N–H and O–H groups in total. The molecule has 3 nitrogen and oxygen atoms in total. The average molecular weight is 369 g/mol. The van der Waals surface area contributed by atoms with Crippen LogP contribution in [-0.4, -0.2) is 11.7 Å². The molecule has 0 fully saturated rings. The van der Waals surface area contributed by atoms with Gasteiger partial charge in [0.2, 0.25) is 0 Å². The zero-order valence-corrected chi connectivity index (χ0v) is 15.6. The average Bonchev–Trinajstić information content (AvgIpc) is 3.17. The second-order valence-electron chi connectivity index (χ2n) is 5.41. The summed E-state index contributed by atoms with van der Waals surface area (Å²) in [6.45, 7) is 2.63. The normalized spacial score (nSPS) is 11.6. The Labute approximate surface area is 157 Å². The molecular weight excluding hydrogens is 348 g/mol. The SMILES string of the molecule is CCOc1ccc(NC(=S)N[C@H](c2ccccc2)c2cccs2)cc1. The third kappa shape index (κ3) is 4.81. The van der Waals surface area contributed by atoms with E-state index in [0.29, 0.717) is 11.7 Å². The van der Waals surface area contributed by atoms with Gasteiger partial charge in [-0.2, -0.15) is 0 Å². The minimum absolute atomic E-state index is 0.0314. The molecule has 0 radical (unpaired) electrons. The van der Waals surface area contributed by atoms with Crippen LogP contribution in [0.4, 0.5) is 5.69 Å². The first-order chi connectivity index (χ1) is 12.3. The standard InChI is InChI=1S/C20H20N2OS2/c1-2-23-17-12-10-16(11-13-17)21-20(24)22-19(18-9-6-14-25-18)15-7-4-3-5-8-15/h3-14,19H,2H2,1H3,(H2,21,22,24)/t19-/m1/s1. The largest absolute Gasteiger partial charge is 0.494 e. The molecule has 1 aromatic heterocycles. The number of benzene rings is 2. The van der Waals surface area contributed by atoms with E-state index in [2.05, 4.69) is 40.3 Å². The highest BCUT2D eigenvalue weighted by molar-refractivity contribution is 7.80. The highest BCUT2D eigenvalue weighted by Crippen LogP contribution is 2.26. The minimum atomic E-state index is 0.0314. The van der Waals surface area contributed by atoms with Crippen molar-refractivity contribution in [2.45, 2.75) is 13.0 Å². The van der Waals surface area contributed by atoms with Gasteiger partial charge >= 0.3 is 0 Å². The van der Waals surface area contributed by atoms with Crippen molar-refractivity contribution < 1.29 is 4.74 Å². The Hall–Kier alpha value is -2.37. The number of anilines is 1. The Morgan fingerprint density at radius 2 is 1.80 bits per heavy atom. The van der Waals surface area contributed by atoms with E-state index in [4.69, 9.17) is 17.0 Å². The highest BCUT2D eigenvalue weighted by Gasteiger charge is 2.16. The molecule has 25 heavy (non-hydrogen) atoms. The Balaban J connectivity index is 1.70. The summed E-state index contributed by atoms with van der Waals surface area (Å²) in [6.07, 6.45) is 0. The summed E-state index contributed by atoms with van der Waals surface area (Å²) in [6, 6.07) is 22.3. The molecule has 0 amide bonds. The van der Waals surface area contributed by atoms with Gasteiger partial charge in [-0.25, -0.2) is 0 Å². The molecule has 3 rings (SSSR count). The molecule has 1 atom stereocenters. The van der Waals surface area contributed by atoms with Crippen molar-refractivity contribution in [2.75, 3.05) is 11.9 Å². The molecular formula is C20H20N2OS2. The fourth-order valence-corrected chi connectivity index (χ4v) is 3.56. The highest BCUT2D eigenvalue weighted by atomic mass is 32.1. The van der Waals surface area contributed by atoms with Gasteiger partial charge in [0.15, 0.2) is 5.11 Å². The lowest BCUT2D eigenvalue weighted by Crippen LogP contribution is -2.32. The molecule has 128 valence electrons. The molecule has 0 unspecified atom stereocenters. The lowest BCUT2D eigenvalue weighted by molar-refractivity contribution is 0.340. The van der Waals surface area contributed by atoms with Crippen molar-refractivity contribution in [1.29, 1.82) is 0 Å². The second kappa shape index (κ2) is 8.65. The molecule has 1 heterocycles. The summed E-state index contributed by atoms with van der Waals surface area (Å²) in [5, 5.41) is 9.33. The predicted octanol–water partition coefficient (Wildman–Crippen LogP) is 5.22. The van der Waals surface area contributed by atoms with E-state index in [1.165, 1.54) is 10.4 Å². The summed E-state index contributed by atoms with van der Waals surface area (Å²) < 4.78 is 5.46. The van der Waals surface area contributed by atoms with Crippen molar-refractivity contribution in [3.05, 3.63) is 82.6 Å². The number of ether oxygens (including phenoxy) is 1. The maximum Gasteiger partial charge on any atom is 0.171 e. The van der Waals surface area contributed by atoms with E-state index >= 15 is 0 Å². The first-order valence-electron chi connectivity index (χ1n) is 8.15. The number of nitrogens with one attached hydrogen (secondary N) is 2. The van der Waals surface area contributed by atoms with Crippen LogP contribution in [0.2, 0.25) is 0 Å². The van der Waals surface area contributed by atoms with Crippen molar-refractivity contribution in [1.82, 2.24) is 5.32 Å². The molecule has 3 aromatic rings. The fraction of sp³-hybridized carbons (Fsp3) is 0.150. The summed E-state index contributed by atoms with van der Waals surface area (Å²) in [7, 11) is 0. The summed E-state index contributed by atoms with van der Waals surface area (Å²) in [5.41, 5.74) is 2.11. The Kier molecular flexibility index (Phi) is 6.04. The number of thiophene rings is 1. The van der Waals surface area contributed by atoms with Gasteiger partial charge in [0, 0.05) is 10.6 Å². The third-order valence-electron chi connectivity index (χ3n) is 3.66. The molecule has 0 aliphatic rings. The van der Waals surface area contributed by atoms with Crippen LogP contribution in [-0.2, 0) is 0 Å². The zero-order chi connectivity index (χ0) is 17.5. The summed E-state index contributed by atoms with van der Waals surface area (Å²) in [4.78, 5) is 1.22. The van der Waals surface area contributed by atoms with Crippen LogP contribution in [0.15, 0.2) is 72.1 Å². The number of rotatable bonds is 6. The van der Waals surface area contributed by atoms with Gasteiger partial charge < -0.3 is 15.4 Å². The molecule has 0 aliphatic heterocycles. The van der Waals surface area contributed by atoms with Crippen LogP contribution in [0.3, 0.4) is 0 Å². The summed E-state index contributed by atoms with van der Waals surface area (Å²) in [5.74, 6) is 0.854. The maximum absolute atomic E-state index is 5.52.